The van der Waals surface area contributed by atoms with Gasteiger partial charge in [0, 0.05) is 32.4 Å². The van der Waals surface area contributed by atoms with Gasteiger partial charge in [0.05, 0.1) is 13.1 Å². The number of likely N-dealkylation sites (tertiary alicyclic amines) is 1. The molecule has 144 valence electrons. The van der Waals surface area contributed by atoms with Gasteiger partial charge in [-0.15, -0.1) is 10.2 Å². The second-order valence-corrected chi connectivity index (χ2v) is 7.39. The first-order valence-electron chi connectivity index (χ1n) is 9.46. The molecule has 0 aliphatic carbocycles. The summed E-state index contributed by atoms with van der Waals surface area (Å²) >= 11 is 0. The van der Waals surface area contributed by atoms with Crippen molar-refractivity contribution in [3.05, 3.63) is 41.5 Å². The van der Waals surface area contributed by atoms with Gasteiger partial charge in [0.2, 0.25) is 0 Å². The fraction of sp³-hybridized carbons (Fsp3) is 0.611. The first-order chi connectivity index (χ1) is 13.0. The average Bonchev–Trinajstić information content (AvgIpc) is 3.30. The lowest BCUT2D eigenvalue weighted by atomic mass is 9.96. The molecule has 1 saturated heterocycles. The van der Waals surface area contributed by atoms with E-state index in [1.54, 1.807) is 0 Å². The van der Waals surface area contributed by atoms with Crippen LogP contribution < -0.4 is 0 Å². The third kappa shape index (κ3) is 3.64. The van der Waals surface area contributed by atoms with Crippen LogP contribution in [0.4, 0.5) is 0 Å². The largest absolute Gasteiger partial charge is 0.328 e. The molecule has 1 aliphatic heterocycles. The molecule has 27 heavy (non-hydrogen) atoms. The Bertz CT molecular complexity index is 911. The minimum absolute atomic E-state index is 0.456. The van der Waals surface area contributed by atoms with Gasteiger partial charge in [-0.2, -0.15) is 5.10 Å². The van der Waals surface area contributed by atoms with Crippen molar-refractivity contribution < 1.29 is 0 Å². The second-order valence-electron chi connectivity index (χ2n) is 7.39. The van der Waals surface area contributed by atoms with E-state index < -0.39 is 0 Å². The van der Waals surface area contributed by atoms with Gasteiger partial charge < -0.3 is 9.13 Å². The summed E-state index contributed by atoms with van der Waals surface area (Å²) in [6, 6.07) is 0. The highest BCUT2D eigenvalue weighted by Crippen LogP contribution is 2.27. The van der Waals surface area contributed by atoms with Crippen molar-refractivity contribution >= 4 is 0 Å². The van der Waals surface area contributed by atoms with E-state index in [0.29, 0.717) is 12.5 Å². The Labute approximate surface area is 159 Å². The summed E-state index contributed by atoms with van der Waals surface area (Å²) in [5.41, 5.74) is 0. The zero-order valence-corrected chi connectivity index (χ0v) is 16.5. The minimum Gasteiger partial charge on any atom is -0.328 e. The Morgan fingerprint density at radius 1 is 1.04 bits per heavy atom. The molecular weight excluding hydrogens is 342 g/mol. The molecule has 0 atom stereocenters. The summed E-state index contributed by atoms with van der Waals surface area (Å²) in [6.45, 7) is 7.59. The molecule has 0 N–H and O–H groups in total. The van der Waals surface area contributed by atoms with Crippen LogP contribution in [0.25, 0.3) is 0 Å². The summed E-state index contributed by atoms with van der Waals surface area (Å²) in [6.07, 6.45) is 5.98. The van der Waals surface area contributed by atoms with Crippen LogP contribution in [-0.4, -0.2) is 57.1 Å². The van der Waals surface area contributed by atoms with Crippen LogP contribution >= 0.6 is 0 Å². The van der Waals surface area contributed by atoms with Crippen LogP contribution in [-0.2, 0) is 27.2 Å². The molecule has 0 spiro atoms. The third-order valence-corrected chi connectivity index (χ3v) is 5.51. The van der Waals surface area contributed by atoms with Crippen LogP contribution in [0.5, 0.6) is 0 Å². The summed E-state index contributed by atoms with van der Waals surface area (Å²) in [5, 5.41) is 13.3. The molecular formula is C18H27N9. The maximum absolute atomic E-state index is 4.52. The second kappa shape index (κ2) is 7.22. The molecule has 9 heteroatoms. The predicted octanol–water partition coefficient (Wildman–Crippen LogP) is 1.18. The van der Waals surface area contributed by atoms with Crippen molar-refractivity contribution in [3.8, 4) is 0 Å². The zero-order chi connectivity index (χ0) is 19.0. The highest BCUT2D eigenvalue weighted by molar-refractivity contribution is 5.05. The molecule has 0 amide bonds. The Balaban J connectivity index is 1.38. The molecule has 0 radical (unpaired) electrons. The predicted molar refractivity (Wildman–Crippen MR) is 100 cm³/mol. The van der Waals surface area contributed by atoms with E-state index in [0.717, 1.165) is 61.6 Å². The van der Waals surface area contributed by atoms with E-state index >= 15 is 0 Å². The molecule has 1 aliphatic rings. The van der Waals surface area contributed by atoms with Crippen LogP contribution in [0.15, 0.2) is 12.4 Å². The molecule has 1 fully saturated rings. The number of nitrogens with zero attached hydrogens (tertiary/aromatic N) is 9. The fourth-order valence-corrected chi connectivity index (χ4v) is 3.83. The monoisotopic (exact) mass is 369 g/mol. The van der Waals surface area contributed by atoms with Gasteiger partial charge in [-0.05, 0) is 39.8 Å². The summed E-state index contributed by atoms with van der Waals surface area (Å²) in [5.74, 6) is 5.38. The average molecular weight is 369 g/mol. The van der Waals surface area contributed by atoms with Crippen LogP contribution in [0.1, 0.15) is 47.9 Å². The molecule has 9 nitrogen and oxygen atoms in total. The van der Waals surface area contributed by atoms with Crippen molar-refractivity contribution in [1.82, 2.24) is 44.0 Å². The van der Waals surface area contributed by atoms with E-state index in [1.165, 1.54) is 0 Å². The number of hydrogen-bond donors (Lipinski definition) is 0. The number of rotatable bonds is 5. The minimum atomic E-state index is 0.456. The van der Waals surface area contributed by atoms with E-state index in [4.69, 9.17) is 0 Å². The molecule has 3 aromatic heterocycles. The molecule has 0 aromatic carbocycles. The molecule has 0 bridgehead atoms. The number of aryl methyl sites for hydroxylation is 3. The summed E-state index contributed by atoms with van der Waals surface area (Å²) < 4.78 is 6.14. The topological polar surface area (TPSA) is 82.5 Å². The van der Waals surface area contributed by atoms with Crippen LogP contribution in [0.3, 0.4) is 0 Å². The van der Waals surface area contributed by atoms with Gasteiger partial charge in [-0.1, -0.05) is 0 Å². The normalized spacial score (nSPS) is 16.3. The van der Waals surface area contributed by atoms with Gasteiger partial charge in [-0.3, -0.25) is 9.58 Å². The Hall–Kier alpha value is -2.55. The lowest BCUT2D eigenvalue weighted by molar-refractivity contribution is 0.194. The van der Waals surface area contributed by atoms with Gasteiger partial charge in [0.1, 0.15) is 23.3 Å². The molecule has 4 rings (SSSR count). The zero-order valence-electron chi connectivity index (χ0n) is 16.5. The Morgan fingerprint density at radius 3 is 2.44 bits per heavy atom. The number of hydrogen-bond acceptors (Lipinski definition) is 6. The van der Waals surface area contributed by atoms with Crippen molar-refractivity contribution in [2.75, 3.05) is 13.1 Å². The summed E-state index contributed by atoms with van der Waals surface area (Å²) in [4.78, 5) is 11.2. The fourth-order valence-electron chi connectivity index (χ4n) is 3.83. The first kappa shape index (κ1) is 17.8. The van der Waals surface area contributed by atoms with E-state index in [2.05, 4.69) is 46.3 Å². The molecule has 0 saturated carbocycles. The highest BCUT2D eigenvalue weighted by atomic mass is 15.3. The van der Waals surface area contributed by atoms with Gasteiger partial charge in [0.25, 0.3) is 0 Å². The van der Waals surface area contributed by atoms with E-state index in [9.17, 15) is 0 Å². The van der Waals surface area contributed by atoms with Crippen molar-refractivity contribution in [2.45, 2.75) is 45.7 Å². The van der Waals surface area contributed by atoms with Crippen molar-refractivity contribution in [3.63, 3.8) is 0 Å². The lowest BCUT2D eigenvalue weighted by Crippen LogP contribution is -2.34. The molecule has 0 unspecified atom stereocenters. The molecule has 4 heterocycles. The smallest absolute Gasteiger partial charge is 0.152 e. The Kier molecular flexibility index (Phi) is 4.77. The number of imidazole rings is 1. The third-order valence-electron chi connectivity index (χ3n) is 5.51. The Morgan fingerprint density at radius 2 is 1.81 bits per heavy atom. The maximum Gasteiger partial charge on any atom is 0.152 e. The SMILES string of the molecule is Cc1nc(CN2CCC(c3nnc(Cn4ccnc4C)n3C)CC2)n(C)n1. The van der Waals surface area contributed by atoms with E-state index in [1.807, 2.05) is 38.0 Å². The quantitative estimate of drug-likeness (QED) is 0.672. The molecule has 3 aromatic rings. The lowest BCUT2D eigenvalue weighted by Gasteiger charge is -2.31. The van der Waals surface area contributed by atoms with Crippen molar-refractivity contribution in [1.29, 1.82) is 0 Å². The van der Waals surface area contributed by atoms with Crippen LogP contribution in [0.2, 0.25) is 0 Å². The van der Waals surface area contributed by atoms with Gasteiger partial charge >= 0.3 is 0 Å². The summed E-state index contributed by atoms with van der Waals surface area (Å²) in [7, 11) is 4.04. The highest BCUT2D eigenvalue weighted by Gasteiger charge is 2.26. The maximum atomic E-state index is 4.52. The standard InChI is InChI=1S/C18H27N9/c1-13-20-16(25(4)23-13)11-26-8-5-15(6-9-26)18-22-21-17(24(18)3)12-27-10-7-19-14(27)2/h7,10,15H,5-6,8-9,11-12H2,1-4H3. The van der Waals surface area contributed by atoms with Gasteiger partial charge in [-0.25, -0.2) is 9.97 Å². The number of aromatic nitrogens is 8. The first-order valence-corrected chi connectivity index (χ1v) is 9.46. The van der Waals surface area contributed by atoms with E-state index in [-0.39, 0.29) is 0 Å². The van der Waals surface area contributed by atoms with Crippen LogP contribution in [0, 0.1) is 13.8 Å². The van der Waals surface area contributed by atoms with Gasteiger partial charge in [0.15, 0.2) is 5.82 Å². The van der Waals surface area contributed by atoms with Crippen molar-refractivity contribution in [2.24, 2.45) is 14.1 Å². The number of piperidine rings is 1.